The summed E-state index contributed by atoms with van der Waals surface area (Å²) in [6.07, 6.45) is 7.99. The quantitative estimate of drug-likeness (QED) is 0.660. The average Bonchev–Trinajstić information content (AvgIpc) is 3.35. The highest BCUT2D eigenvalue weighted by Crippen LogP contribution is 2.24. The third kappa shape index (κ3) is 4.14. The van der Waals surface area contributed by atoms with Gasteiger partial charge in [-0.3, -0.25) is 9.78 Å². The number of imidazole rings is 1. The van der Waals surface area contributed by atoms with Gasteiger partial charge < -0.3 is 9.47 Å². The molecule has 0 bridgehead atoms. The molecule has 0 aliphatic carbocycles. The normalized spacial score (nSPS) is 16.5. The van der Waals surface area contributed by atoms with Crippen molar-refractivity contribution in [2.75, 3.05) is 13.1 Å². The number of nitrogens with zero attached hydrogens (tertiary/aromatic N) is 4. The summed E-state index contributed by atoms with van der Waals surface area (Å²) in [4.78, 5) is 23.5. The molecule has 0 spiro atoms. The van der Waals surface area contributed by atoms with Crippen molar-refractivity contribution in [3.63, 3.8) is 0 Å². The van der Waals surface area contributed by atoms with Crippen LogP contribution in [0.5, 0.6) is 0 Å². The Morgan fingerprint density at radius 2 is 2.00 bits per heavy atom. The van der Waals surface area contributed by atoms with Crippen molar-refractivity contribution in [1.82, 2.24) is 19.4 Å². The van der Waals surface area contributed by atoms with E-state index in [4.69, 9.17) is 0 Å². The SMILES string of the molecule is Cc1cnc(-c2cccnc2)n1CC1CCN(C(=O)CCc2ccccc2)C1. The first-order valence-electron chi connectivity index (χ1n) is 9.95. The third-order valence-electron chi connectivity index (χ3n) is 5.52. The second-order valence-electron chi connectivity index (χ2n) is 7.56. The second kappa shape index (κ2) is 8.38. The van der Waals surface area contributed by atoms with E-state index in [9.17, 15) is 4.79 Å². The Kier molecular flexibility index (Phi) is 5.51. The molecule has 4 rings (SSSR count). The van der Waals surface area contributed by atoms with Gasteiger partial charge in [-0.05, 0) is 43.4 Å². The fraction of sp³-hybridized carbons (Fsp3) is 0.348. The van der Waals surface area contributed by atoms with Gasteiger partial charge in [-0.15, -0.1) is 0 Å². The van der Waals surface area contributed by atoms with Crippen LogP contribution in [-0.4, -0.2) is 38.4 Å². The molecule has 0 saturated carbocycles. The molecule has 144 valence electrons. The number of amides is 1. The summed E-state index contributed by atoms with van der Waals surface area (Å²) in [5, 5.41) is 0. The monoisotopic (exact) mass is 374 g/mol. The Bertz CT molecular complexity index is 920. The zero-order valence-corrected chi connectivity index (χ0v) is 16.3. The number of carbonyl (C=O) groups is 1. The maximum atomic E-state index is 12.6. The summed E-state index contributed by atoms with van der Waals surface area (Å²) in [6, 6.07) is 14.2. The number of likely N-dealkylation sites (tertiary alicyclic amines) is 1. The predicted octanol–water partition coefficient (Wildman–Crippen LogP) is 3.73. The van der Waals surface area contributed by atoms with Gasteiger partial charge in [-0.25, -0.2) is 4.98 Å². The zero-order chi connectivity index (χ0) is 19.3. The lowest BCUT2D eigenvalue weighted by Crippen LogP contribution is -2.29. The summed E-state index contributed by atoms with van der Waals surface area (Å²) in [6.45, 7) is 4.66. The third-order valence-corrected chi connectivity index (χ3v) is 5.52. The van der Waals surface area contributed by atoms with Gasteiger partial charge in [-0.1, -0.05) is 30.3 Å². The molecule has 1 aliphatic heterocycles. The van der Waals surface area contributed by atoms with Crippen molar-refractivity contribution < 1.29 is 4.79 Å². The smallest absolute Gasteiger partial charge is 0.222 e. The van der Waals surface area contributed by atoms with Gasteiger partial charge in [0.2, 0.25) is 5.91 Å². The van der Waals surface area contributed by atoms with Crippen LogP contribution in [0.4, 0.5) is 0 Å². The van der Waals surface area contributed by atoms with Crippen molar-refractivity contribution in [1.29, 1.82) is 0 Å². The molecule has 3 aromatic rings. The van der Waals surface area contributed by atoms with Gasteiger partial charge in [-0.2, -0.15) is 0 Å². The molecule has 1 fully saturated rings. The Morgan fingerprint density at radius 3 is 2.79 bits per heavy atom. The second-order valence-corrected chi connectivity index (χ2v) is 7.56. The van der Waals surface area contributed by atoms with E-state index in [1.54, 1.807) is 6.20 Å². The highest BCUT2D eigenvalue weighted by atomic mass is 16.2. The number of carbonyl (C=O) groups excluding carboxylic acids is 1. The largest absolute Gasteiger partial charge is 0.342 e. The molecule has 5 heteroatoms. The first-order chi connectivity index (χ1) is 13.7. The fourth-order valence-corrected chi connectivity index (χ4v) is 3.94. The van der Waals surface area contributed by atoms with Crippen LogP contribution < -0.4 is 0 Å². The summed E-state index contributed by atoms with van der Waals surface area (Å²) in [5.74, 6) is 1.68. The van der Waals surface area contributed by atoms with Gasteiger partial charge in [0, 0.05) is 55.9 Å². The van der Waals surface area contributed by atoms with E-state index in [2.05, 4.69) is 33.6 Å². The molecule has 1 amide bonds. The zero-order valence-electron chi connectivity index (χ0n) is 16.3. The van der Waals surface area contributed by atoms with E-state index in [0.717, 1.165) is 49.6 Å². The van der Waals surface area contributed by atoms with E-state index >= 15 is 0 Å². The van der Waals surface area contributed by atoms with Crippen LogP contribution in [0.15, 0.2) is 61.1 Å². The molecule has 1 unspecified atom stereocenters. The number of hydrogen-bond donors (Lipinski definition) is 0. The minimum Gasteiger partial charge on any atom is -0.342 e. The van der Waals surface area contributed by atoms with E-state index < -0.39 is 0 Å². The van der Waals surface area contributed by atoms with Crippen LogP contribution in [0.2, 0.25) is 0 Å². The highest BCUT2D eigenvalue weighted by molar-refractivity contribution is 5.76. The Balaban J connectivity index is 1.36. The first kappa shape index (κ1) is 18.4. The maximum Gasteiger partial charge on any atom is 0.222 e. The van der Waals surface area contributed by atoms with Crippen LogP contribution in [0.1, 0.15) is 24.1 Å². The minimum absolute atomic E-state index is 0.265. The van der Waals surface area contributed by atoms with Crippen molar-refractivity contribution in [3.05, 3.63) is 72.3 Å². The number of rotatable bonds is 6. The first-order valence-corrected chi connectivity index (χ1v) is 9.95. The van der Waals surface area contributed by atoms with E-state index in [1.165, 1.54) is 5.56 Å². The maximum absolute atomic E-state index is 12.6. The van der Waals surface area contributed by atoms with Gasteiger partial charge in [0.15, 0.2) is 0 Å². The summed E-state index contributed by atoms with van der Waals surface area (Å²) in [5.41, 5.74) is 3.40. The van der Waals surface area contributed by atoms with E-state index in [0.29, 0.717) is 12.3 Å². The molecule has 0 N–H and O–H groups in total. The molecule has 1 atom stereocenters. The number of pyridine rings is 1. The Morgan fingerprint density at radius 1 is 1.14 bits per heavy atom. The summed E-state index contributed by atoms with van der Waals surface area (Å²) >= 11 is 0. The average molecular weight is 374 g/mol. The van der Waals surface area contributed by atoms with Crippen LogP contribution in [0.3, 0.4) is 0 Å². The Labute approximate surface area is 166 Å². The van der Waals surface area contributed by atoms with Crippen LogP contribution >= 0.6 is 0 Å². The molecule has 5 nitrogen and oxygen atoms in total. The van der Waals surface area contributed by atoms with Crippen molar-refractivity contribution >= 4 is 5.91 Å². The standard InChI is InChI=1S/C23H26N4O/c1-18-14-25-23(21-8-5-12-24-15-21)27(18)17-20-11-13-26(16-20)22(28)10-9-19-6-3-2-4-7-19/h2-8,12,14-15,20H,9-11,13,16-17H2,1H3. The van der Waals surface area contributed by atoms with Gasteiger partial charge in [0.25, 0.3) is 0 Å². The van der Waals surface area contributed by atoms with Crippen LogP contribution in [0, 0.1) is 12.8 Å². The number of benzene rings is 1. The lowest BCUT2D eigenvalue weighted by atomic mass is 10.1. The molecule has 0 radical (unpaired) electrons. The highest BCUT2D eigenvalue weighted by Gasteiger charge is 2.27. The van der Waals surface area contributed by atoms with Gasteiger partial charge >= 0.3 is 0 Å². The molecule has 2 aromatic heterocycles. The Hall–Kier alpha value is -2.95. The summed E-state index contributed by atoms with van der Waals surface area (Å²) < 4.78 is 2.26. The molecule has 28 heavy (non-hydrogen) atoms. The fourth-order valence-electron chi connectivity index (χ4n) is 3.94. The summed E-state index contributed by atoms with van der Waals surface area (Å²) in [7, 11) is 0. The lowest BCUT2D eigenvalue weighted by Gasteiger charge is -2.18. The van der Waals surface area contributed by atoms with Gasteiger partial charge in [0.05, 0.1) is 0 Å². The number of aryl methyl sites for hydroxylation is 2. The van der Waals surface area contributed by atoms with Crippen LogP contribution in [-0.2, 0) is 17.8 Å². The van der Waals surface area contributed by atoms with E-state index in [-0.39, 0.29) is 5.91 Å². The topological polar surface area (TPSA) is 51.0 Å². The van der Waals surface area contributed by atoms with E-state index in [1.807, 2.05) is 47.6 Å². The van der Waals surface area contributed by atoms with Crippen LogP contribution in [0.25, 0.3) is 11.4 Å². The minimum atomic E-state index is 0.265. The molecule has 1 aromatic carbocycles. The molecular weight excluding hydrogens is 348 g/mol. The molecule has 3 heterocycles. The molecule has 1 saturated heterocycles. The molecular formula is C23H26N4O. The predicted molar refractivity (Wildman–Crippen MR) is 110 cm³/mol. The van der Waals surface area contributed by atoms with Gasteiger partial charge in [0.1, 0.15) is 5.82 Å². The lowest BCUT2D eigenvalue weighted by molar-refractivity contribution is -0.130. The van der Waals surface area contributed by atoms with Crippen molar-refractivity contribution in [3.8, 4) is 11.4 Å². The number of aromatic nitrogens is 3. The molecule has 1 aliphatic rings. The van der Waals surface area contributed by atoms with Crippen molar-refractivity contribution in [2.45, 2.75) is 32.7 Å². The van der Waals surface area contributed by atoms with Crippen molar-refractivity contribution in [2.24, 2.45) is 5.92 Å². The number of hydrogen-bond acceptors (Lipinski definition) is 3.